The minimum absolute atomic E-state index is 0.166. The number of amides is 1. The fraction of sp³-hybridized carbons (Fsp3) is 0. The van der Waals surface area contributed by atoms with E-state index in [0.717, 1.165) is 5.56 Å². The first-order chi connectivity index (χ1) is 9.70. The molecule has 0 saturated carbocycles. The fourth-order valence-electron chi connectivity index (χ4n) is 1.60. The third kappa shape index (κ3) is 2.89. The minimum atomic E-state index is -0.200. The maximum absolute atomic E-state index is 11.8. The number of aromatic hydroxyl groups is 1. The summed E-state index contributed by atoms with van der Waals surface area (Å²) in [5.41, 5.74) is 0.762. The number of rotatable bonds is 2. The highest BCUT2D eigenvalue weighted by atomic mass is 32.2. The van der Waals surface area contributed by atoms with Crippen LogP contribution in [0, 0.1) is 0 Å². The lowest BCUT2D eigenvalue weighted by atomic mass is 10.2. The quantitative estimate of drug-likeness (QED) is 0.837. The van der Waals surface area contributed by atoms with E-state index in [0.29, 0.717) is 15.2 Å². The third-order valence-electron chi connectivity index (χ3n) is 2.44. The second-order valence-electron chi connectivity index (χ2n) is 3.89. The fourth-order valence-corrected chi connectivity index (χ4v) is 2.99. The maximum atomic E-state index is 11.8. The molecule has 0 atom stereocenters. The largest absolute Gasteiger partial charge is 0.508 e. The number of phenolic OH excluding ortho intramolecular Hbond substituents is 1. The number of amidine groups is 1. The minimum Gasteiger partial charge on any atom is -0.508 e. The van der Waals surface area contributed by atoms with Crippen LogP contribution in [0.5, 0.6) is 5.75 Å². The van der Waals surface area contributed by atoms with E-state index < -0.39 is 0 Å². The van der Waals surface area contributed by atoms with Gasteiger partial charge < -0.3 is 10.4 Å². The van der Waals surface area contributed by atoms with Gasteiger partial charge in [-0.25, -0.2) is 4.98 Å². The number of nitrogens with zero attached hydrogens (tertiary/aromatic N) is 2. The van der Waals surface area contributed by atoms with E-state index in [9.17, 15) is 9.90 Å². The Morgan fingerprint density at radius 3 is 3.05 bits per heavy atom. The number of carbonyl (C=O) groups is 1. The Morgan fingerprint density at radius 2 is 2.30 bits per heavy atom. The molecule has 0 unspecified atom stereocenters. The molecule has 1 saturated heterocycles. The molecule has 1 fully saturated rings. The zero-order valence-electron chi connectivity index (χ0n) is 10.1. The molecule has 7 heteroatoms. The predicted octanol–water partition coefficient (Wildman–Crippen LogP) is 2.74. The molecule has 2 heterocycles. The van der Waals surface area contributed by atoms with Gasteiger partial charge >= 0.3 is 0 Å². The maximum Gasteiger partial charge on any atom is 0.264 e. The number of thioether (sulfide) groups is 1. The summed E-state index contributed by atoms with van der Waals surface area (Å²) in [4.78, 5) is 20.7. The topological polar surface area (TPSA) is 74.6 Å². The van der Waals surface area contributed by atoms with Crippen molar-refractivity contribution in [3.05, 3.63) is 46.3 Å². The van der Waals surface area contributed by atoms with E-state index in [1.165, 1.54) is 23.1 Å². The van der Waals surface area contributed by atoms with Gasteiger partial charge in [0.15, 0.2) is 5.17 Å². The number of hydrogen-bond acceptors (Lipinski definition) is 6. The van der Waals surface area contributed by atoms with Gasteiger partial charge in [0.2, 0.25) is 5.13 Å². The van der Waals surface area contributed by atoms with Crippen molar-refractivity contribution in [1.82, 2.24) is 10.3 Å². The van der Waals surface area contributed by atoms with Crippen molar-refractivity contribution in [1.29, 1.82) is 0 Å². The molecule has 1 aliphatic heterocycles. The highest BCUT2D eigenvalue weighted by Crippen LogP contribution is 2.28. The van der Waals surface area contributed by atoms with Crippen molar-refractivity contribution in [2.24, 2.45) is 4.99 Å². The molecule has 1 aromatic carbocycles. The summed E-state index contributed by atoms with van der Waals surface area (Å²) in [5.74, 6) is -0.0342. The normalized spacial score (nSPS) is 18.7. The van der Waals surface area contributed by atoms with Crippen LogP contribution >= 0.6 is 23.1 Å². The lowest BCUT2D eigenvalue weighted by Crippen LogP contribution is -2.19. The number of phenols is 1. The van der Waals surface area contributed by atoms with E-state index in [4.69, 9.17) is 0 Å². The molecule has 0 bridgehead atoms. The van der Waals surface area contributed by atoms with Gasteiger partial charge in [-0.3, -0.25) is 4.79 Å². The van der Waals surface area contributed by atoms with Crippen LogP contribution in [0.15, 0.2) is 45.7 Å². The van der Waals surface area contributed by atoms with Crippen LogP contribution in [0.4, 0.5) is 5.13 Å². The summed E-state index contributed by atoms with van der Waals surface area (Å²) in [6.45, 7) is 0. The molecule has 0 aliphatic carbocycles. The summed E-state index contributed by atoms with van der Waals surface area (Å²) < 4.78 is 0. The Kier molecular flexibility index (Phi) is 3.53. The van der Waals surface area contributed by atoms with E-state index in [2.05, 4.69) is 15.3 Å². The number of benzene rings is 1. The van der Waals surface area contributed by atoms with Crippen LogP contribution in [0.25, 0.3) is 6.08 Å². The van der Waals surface area contributed by atoms with Crippen LogP contribution < -0.4 is 5.32 Å². The molecule has 5 nitrogen and oxygen atoms in total. The summed E-state index contributed by atoms with van der Waals surface area (Å²) in [5, 5.41) is 15.0. The van der Waals surface area contributed by atoms with Crippen LogP contribution in [-0.4, -0.2) is 21.2 Å². The summed E-state index contributed by atoms with van der Waals surface area (Å²) >= 11 is 2.66. The van der Waals surface area contributed by atoms with Gasteiger partial charge in [-0.05, 0) is 35.5 Å². The predicted molar refractivity (Wildman–Crippen MR) is 81.0 cm³/mol. The Labute approximate surface area is 123 Å². The van der Waals surface area contributed by atoms with Gasteiger partial charge in [0.1, 0.15) is 5.75 Å². The zero-order chi connectivity index (χ0) is 13.9. The molecule has 0 radical (unpaired) electrons. The summed E-state index contributed by atoms with van der Waals surface area (Å²) in [6, 6.07) is 6.72. The molecule has 3 rings (SSSR count). The molecule has 1 amide bonds. The van der Waals surface area contributed by atoms with Crippen molar-refractivity contribution in [3.8, 4) is 5.75 Å². The standard InChI is InChI=1S/C13H9N3O2S2/c17-9-3-1-2-8(6-9)7-10-11(18)15-13(20-10)16-12-14-4-5-19-12/h1-7,17H,(H,14,15,16,18)/b10-7-. The molecule has 1 aliphatic rings. The van der Waals surface area contributed by atoms with Gasteiger partial charge in [0, 0.05) is 11.6 Å². The van der Waals surface area contributed by atoms with Crippen molar-refractivity contribution < 1.29 is 9.90 Å². The van der Waals surface area contributed by atoms with Crippen molar-refractivity contribution in [3.63, 3.8) is 0 Å². The van der Waals surface area contributed by atoms with Gasteiger partial charge in [0.25, 0.3) is 5.91 Å². The van der Waals surface area contributed by atoms with E-state index >= 15 is 0 Å². The van der Waals surface area contributed by atoms with Crippen LogP contribution in [0.3, 0.4) is 0 Å². The molecule has 0 spiro atoms. The molecule has 1 aromatic heterocycles. The molecule has 100 valence electrons. The number of carbonyl (C=O) groups excluding carboxylic acids is 1. The average Bonchev–Trinajstić information content (AvgIpc) is 3.01. The SMILES string of the molecule is O=C1N/C(=N\c2nccs2)S/C1=C\c1cccc(O)c1. The monoisotopic (exact) mass is 303 g/mol. The smallest absolute Gasteiger partial charge is 0.264 e. The molecule has 20 heavy (non-hydrogen) atoms. The number of nitrogens with one attached hydrogen (secondary N) is 1. The average molecular weight is 303 g/mol. The van der Waals surface area contributed by atoms with Crippen LogP contribution in [-0.2, 0) is 4.79 Å². The Hall–Kier alpha value is -2.12. The lowest BCUT2D eigenvalue weighted by Gasteiger charge is -1.95. The van der Waals surface area contributed by atoms with Crippen molar-refractivity contribution >= 4 is 45.4 Å². The van der Waals surface area contributed by atoms with E-state index in [1.807, 2.05) is 11.4 Å². The lowest BCUT2D eigenvalue weighted by molar-refractivity contribution is -0.115. The second kappa shape index (κ2) is 5.48. The zero-order valence-corrected chi connectivity index (χ0v) is 11.7. The van der Waals surface area contributed by atoms with E-state index in [1.54, 1.807) is 30.5 Å². The van der Waals surface area contributed by atoms with Gasteiger partial charge in [0.05, 0.1) is 4.91 Å². The molecule has 2 N–H and O–H groups in total. The first kappa shape index (κ1) is 12.9. The Balaban J connectivity index is 1.84. The van der Waals surface area contributed by atoms with Crippen molar-refractivity contribution in [2.45, 2.75) is 0 Å². The van der Waals surface area contributed by atoms with Gasteiger partial charge in [-0.1, -0.05) is 12.1 Å². The summed E-state index contributed by atoms with van der Waals surface area (Å²) in [6.07, 6.45) is 3.37. The van der Waals surface area contributed by atoms with Crippen molar-refractivity contribution in [2.75, 3.05) is 0 Å². The second-order valence-corrected chi connectivity index (χ2v) is 5.80. The Morgan fingerprint density at radius 1 is 1.40 bits per heavy atom. The number of aromatic nitrogens is 1. The highest BCUT2D eigenvalue weighted by molar-refractivity contribution is 8.18. The number of hydrogen-bond donors (Lipinski definition) is 2. The summed E-state index contributed by atoms with van der Waals surface area (Å²) in [7, 11) is 0. The first-order valence-electron chi connectivity index (χ1n) is 5.69. The molecular formula is C13H9N3O2S2. The van der Waals surface area contributed by atoms with E-state index in [-0.39, 0.29) is 11.7 Å². The Bertz CT molecular complexity index is 708. The van der Waals surface area contributed by atoms with Gasteiger partial charge in [-0.2, -0.15) is 4.99 Å². The van der Waals surface area contributed by atoms with Crippen LogP contribution in [0.1, 0.15) is 5.56 Å². The number of thiazole rings is 1. The highest BCUT2D eigenvalue weighted by Gasteiger charge is 2.24. The van der Waals surface area contributed by atoms with Crippen LogP contribution in [0.2, 0.25) is 0 Å². The van der Waals surface area contributed by atoms with Gasteiger partial charge in [-0.15, -0.1) is 11.3 Å². The third-order valence-corrected chi connectivity index (χ3v) is 4.01. The number of aliphatic imine (C=N–C) groups is 1. The first-order valence-corrected chi connectivity index (χ1v) is 7.38. The molecule has 2 aromatic rings. The molecular weight excluding hydrogens is 294 g/mol.